The number of hydrogen-bond acceptors (Lipinski definition) is 5. The molecule has 1 heterocycles. The monoisotopic (exact) mass is 476 g/mol. The molecule has 5 rings (SSSR count). The van der Waals surface area contributed by atoms with Crippen LogP contribution in [0.15, 0.2) is 60.2 Å². The Kier molecular flexibility index (Phi) is 6.55. The predicted molar refractivity (Wildman–Crippen MR) is 128 cm³/mol. The molecule has 3 atom stereocenters. The third-order valence-electron chi connectivity index (χ3n) is 7.06. The summed E-state index contributed by atoms with van der Waals surface area (Å²) in [7, 11) is 0. The highest BCUT2D eigenvalue weighted by molar-refractivity contribution is 5.88. The van der Waals surface area contributed by atoms with Crippen molar-refractivity contribution in [3.63, 3.8) is 0 Å². The van der Waals surface area contributed by atoms with Gasteiger partial charge in [0.2, 0.25) is 5.91 Å². The standard InChI is InChI=1S/C27H28N2O6/c30-25(29-18-10-9-16(13-18)26(31)32)24-17(11-12-34-24)14-28-27(33)35-15-23-21-7-3-1-5-19(21)20-6-2-4-8-22(20)23/h1-9,17-18,23-24H,10-15H2,(H,28,33)(H,29,30)(H,31,32). The van der Waals surface area contributed by atoms with Gasteiger partial charge in [0.25, 0.3) is 0 Å². The molecule has 0 saturated carbocycles. The van der Waals surface area contributed by atoms with E-state index in [1.165, 1.54) is 11.1 Å². The molecule has 0 spiro atoms. The van der Waals surface area contributed by atoms with Gasteiger partial charge in [-0.3, -0.25) is 4.79 Å². The van der Waals surface area contributed by atoms with E-state index < -0.39 is 18.2 Å². The van der Waals surface area contributed by atoms with E-state index in [0.717, 1.165) is 11.1 Å². The van der Waals surface area contributed by atoms with Crippen LogP contribution in [0, 0.1) is 5.92 Å². The smallest absolute Gasteiger partial charge is 0.407 e. The van der Waals surface area contributed by atoms with Crippen LogP contribution in [0.25, 0.3) is 11.1 Å². The average molecular weight is 477 g/mol. The molecule has 2 aromatic carbocycles. The van der Waals surface area contributed by atoms with E-state index in [9.17, 15) is 14.4 Å². The molecule has 1 aliphatic heterocycles. The molecule has 2 aliphatic carbocycles. The number of ether oxygens (including phenoxy) is 2. The number of fused-ring (bicyclic) bond motifs is 3. The van der Waals surface area contributed by atoms with Crippen molar-refractivity contribution in [1.82, 2.24) is 10.6 Å². The first-order chi connectivity index (χ1) is 17.0. The van der Waals surface area contributed by atoms with Gasteiger partial charge >= 0.3 is 12.1 Å². The normalized spacial score (nSPS) is 22.7. The highest BCUT2D eigenvalue weighted by atomic mass is 16.5. The Morgan fingerprint density at radius 1 is 1.03 bits per heavy atom. The van der Waals surface area contributed by atoms with Crippen molar-refractivity contribution in [2.24, 2.45) is 5.92 Å². The fraction of sp³-hybridized carbons (Fsp3) is 0.370. The lowest BCUT2D eigenvalue weighted by Gasteiger charge is -2.21. The Labute approximate surface area is 203 Å². The lowest BCUT2D eigenvalue weighted by Crippen LogP contribution is -2.45. The number of nitrogens with one attached hydrogen (secondary N) is 2. The van der Waals surface area contributed by atoms with Gasteiger partial charge in [-0.1, -0.05) is 54.6 Å². The van der Waals surface area contributed by atoms with Gasteiger partial charge < -0.3 is 25.2 Å². The second kappa shape index (κ2) is 9.92. The van der Waals surface area contributed by atoms with Crippen LogP contribution in [0.1, 0.15) is 36.3 Å². The summed E-state index contributed by atoms with van der Waals surface area (Å²) in [6, 6.07) is 16.1. The number of benzene rings is 2. The Morgan fingerprint density at radius 3 is 2.37 bits per heavy atom. The van der Waals surface area contributed by atoms with E-state index in [1.807, 2.05) is 24.3 Å². The van der Waals surface area contributed by atoms with Crippen molar-refractivity contribution in [2.75, 3.05) is 19.8 Å². The minimum absolute atomic E-state index is 0.0165. The fourth-order valence-corrected chi connectivity index (χ4v) is 5.28. The Morgan fingerprint density at radius 2 is 1.71 bits per heavy atom. The van der Waals surface area contributed by atoms with Crippen LogP contribution >= 0.6 is 0 Å². The van der Waals surface area contributed by atoms with E-state index in [2.05, 4.69) is 34.9 Å². The summed E-state index contributed by atoms with van der Waals surface area (Å²) in [6.45, 7) is 0.919. The Balaban J connectivity index is 1.12. The minimum Gasteiger partial charge on any atom is -0.478 e. The summed E-state index contributed by atoms with van der Waals surface area (Å²) in [5.74, 6) is -1.42. The van der Waals surface area contributed by atoms with Gasteiger partial charge in [0.05, 0.1) is 0 Å². The van der Waals surface area contributed by atoms with Gasteiger partial charge in [-0.25, -0.2) is 9.59 Å². The van der Waals surface area contributed by atoms with Crippen LogP contribution < -0.4 is 10.6 Å². The molecular formula is C27H28N2O6. The van der Waals surface area contributed by atoms with Crippen molar-refractivity contribution in [1.29, 1.82) is 0 Å². The lowest BCUT2D eigenvalue weighted by molar-refractivity contribution is -0.134. The molecule has 0 radical (unpaired) electrons. The topological polar surface area (TPSA) is 114 Å². The third kappa shape index (κ3) is 4.79. The van der Waals surface area contributed by atoms with Crippen LogP contribution in [-0.2, 0) is 19.1 Å². The molecule has 2 amide bonds. The number of carbonyl (C=O) groups excluding carboxylic acids is 2. The zero-order valence-corrected chi connectivity index (χ0v) is 19.2. The van der Waals surface area contributed by atoms with Crippen molar-refractivity contribution in [3.8, 4) is 11.1 Å². The minimum atomic E-state index is -0.955. The van der Waals surface area contributed by atoms with Gasteiger partial charge in [-0.05, 0) is 41.5 Å². The Bertz CT molecular complexity index is 1130. The van der Waals surface area contributed by atoms with E-state index in [4.69, 9.17) is 14.6 Å². The van der Waals surface area contributed by atoms with Gasteiger partial charge in [0.15, 0.2) is 0 Å². The van der Waals surface area contributed by atoms with Crippen LogP contribution in [0.4, 0.5) is 4.79 Å². The highest BCUT2D eigenvalue weighted by Gasteiger charge is 2.36. The molecule has 3 N–H and O–H groups in total. The molecule has 0 bridgehead atoms. The van der Waals surface area contributed by atoms with E-state index in [1.54, 1.807) is 6.08 Å². The van der Waals surface area contributed by atoms with Crippen molar-refractivity contribution >= 4 is 18.0 Å². The number of aliphatic carboxylic acids is 1. The summed E-state index contributed by atoms with van der Waals surface area (Å²) in [5, 5.41) is 14.8. The SMILES string of the molecule is O=C(NCC1CCOC1C(=O)NC1CC=C(C(=O)O)C1)OCC1c2ccccc2-c2ccccc21. The molecular weight excluding hydrogens is 448 g/mol. The van der Waals surface area contributed by atoms with Crippen LogP contribution in [0.5, 0.6) is 0 Å². The Hall–Kier alpha value is -3.65. The first-order valence-corrected chi connectivity index (χ1v) is 11.9. The van der Waals surface area contributed by atoms with Gasteiger partial charge in [-0.2, -0.15) is 0 Å². The average Bonchev–Trinajstić information content (AvgIpc) is 3.59. The number of rotatable bonds is 7. The van der Waals surface area contributed by atoms with Crippen LogP contribution in [-0.4, -0.2) is 55.0 Å². The molecule has 1 fully saturated rings. The summed E-state index contributed by atoms with van der Waals surface area (Å²) >= 11 is 0. The van der Waals surface area contributed by atoms with Crippen LogP contribution in [0.3, 0.4) is 0 Å². The molecule has 182 valence electrons. The number of alkyl carbamates (subject to hydrolysis) is 1. The second-order valence-corrected chi connectivity index (χ2v) is 9.23. The van der Waals surface area contributed by atoms with E-state index >= 15 is 0 Å². The molecule has 3 unspecified atom stereocenters. The zero-order chi connectivity index (χ0) is 24.4. The number of carbonyl (C=O) groups is 3. The van der Waals surface area contributed by atoms with E-state index in [0.29, 0.717) is 31.4 Å². The zero-order valence-electron chi connectivity index (χ0n) is 19.2. The van der Waals surface area contributed by atoms with Gasteiger partial charge in [0.1, 0.15) is 12.7 Å². The number of amides is 2. The predicted octanol–water partition coefficient (Wildman–Crippen LogP) is 3.22. The molecule has 0 aromatic heterocycles. The maximum absolute atomic E-state index is 12.7. The summed E-state index contributed by atoms with van der Waals surface area (Å²) in [5.41, 5.74) is 4.95. The third-order valence-corrected chi connectivity index (χ3v) is 7.06. The van der Waals surface area contributed by atoms with Crippen molar-refractivity contribution < 1.29 is 29.0 Å². The first-order valence-electron chi connectivity index (χ1n) is 11.9. The number of carboxylic acid groups (broad SMARTS) is 1. The number of hydrogen-bond donors (Lipinski definition) is 3. The summed E-state index contributed by atoms with van der Waals surface area (Å²) < 4.78 is 11.2. The van der Waals surface area contributed by atoms with E-state index in [-0.39, 0.29) is 36.9 Å². The lowest BCUT2D eigenvalue weighted by atomic mass is 9.98. The molecule has 3 aliphatic rings. The van der Waals surface area contributed by atoms with Crippen LogP contribution in [0.2, 0.25) is 0 Å². The molecule has 2 aromatic rings. The maximum Gasteiger partial charge on any atom is 0.407 e. The summed E-state index contributed by atoms with van der Waals surface area (Å²) in [6.07, 6.45) is 1.87. The van der Waals surface area contributed by atoms with Gasteiger partial charge in [0, 0.05) is 36.6 Å². The molecule has 1 saturated heterocycles. The quantitative estimate of drug-likeness (QED) is 0.566. The van der Waals surface area contributed by atoms with Crippen molar-refractivity contribution in [2.45, 2.75) is 37.3 Å². The second-order valence-electron chi connectivity index (χ2n) is 9.23. The van der Waals surface area contributed by atoms with Crippen molar-refractivity contribution in [3.05, 3.63) is 71.3 Å². The largest absolute Gasteiger partial charge is 0.478 e. The highest BCUT2D eigenvalue weighted by Crippen LogP contribution is 2.44. The fourth-order valence-electron chi connectivity index (χ4n) is 5.28. The summed E-state index contributed by atoms with van der Waals surface area (Å²) in [4.78, 5) is 36.3. The molecule has 8 heteroatoms. The molecule has 35 heavy (non-hydrogen) atoms. The first kappa shape index (κ1) is 23.1. The maximum atomic E-state index is 12.7. The van der Waals surface area contributed by atoms with Gasteiger partial charge in [-0.15, -0.1) is 0 Å². The molecule has 8 nitrogen and oxygen atoms in total. The number of carboxylic acids is 1.